The number of aryl methyl sites for hydroxylation is 1. The first-order chi connectivity index (χ1) is 20.6. The first kappa shape index (κ1) is 28.6. The third-order valence-corrected chi connectivity index (χ3v) is 7.63. The fourth-order valence-corrected chi connectivity index (χ4v) is 4.89. The first-order valence-corrected chi connectivity index (χ1v) is 14.1. The zero-order valence-electron chi connectivity index (χ0n) is 23.9. The molecule has 2 N–H and O–H groups in total. The molecule has 0 atom stereocenters. The second-order valence-corrected chi connectivity index (χ2v) is 11.1. The maximum Gasteiger partial charge on any atom is 0.416 e. The van der Waals surface area contributed by atoms with E-state index < -0.39 is 17.6 Å². The zero-order chi connectivity index (χ0) is 30.1. The molecule has 2 aliphatic rings. The van der Waals surface area contributed by atoms with Crippen molar-refractivity contribution in [2.24, 2.45) is 0 Å². The van der Waals surface area contributed by atoms with E-state index in [9.17, 15) is 18.0 Å². The number of amides is 1. The fraction of sp³-hybridized carbons (Fsp3) is 0.355. The summed E-state index contributed by atoms with van der Waals surface area (Å²) < 4.78 is 43.7. The Labute approximate surface area is 247 Å². The van der Waals surface area contributed by atoms with Crippen LogP contribution in [0, 0.1) is 18.8 Å². The summed E-state index contributed by atoms with van der Waals surface area (Å²) in [5.41, 5.74) is 2.00. The molecule has 0 unspecified atom stereocenters. The number of carbonyl (C=O) groups is 1. The van der Waals surface area contributed by atoms with Crippen LogP contribution in [-0.4, -0.2) is 74.6 Å². The predicted octanol–water partition coefficient (Wildman–Crippen LogP) is 4.43. The lowest BCUT2D eigenvalue weighted by Crippen LogP contribution is -2.44. The molecular weight excluding hydrogens is 557 g/mol. The molecule has 3 aromatic heterocycles. The van der Waals surface area contributed by atoms with Gasteiger partial charge in [0, 0.05) is 56.2 Å². The van der Waals surface area contributed by atoms with Crippen LogP contribution in [0.3, 0.4) is 0 Å². The van der Waals surface area contributed by atoms with E-state index in [1.54, 1.807) is 23.7 Å². The minimum absolute atomic E-state index is 0.0556. The number of anilines is 2. The molecule has 222 valence electrons. The minimum atomic E-state index is -4.56. The van der Waals surface area contributed by atoms with Gasteiger partial charge >= 0.3 is 6.18 Å². The van der Waals surface area contributed by atoms with Gasteiger partial charge in [-0.3, -0.25) is 14.7 Å². The van der Waals surface area contributed by atoms with Gasteiger partial charge in [0.05, 0.1) is 23.0 Å². The van der Waals surface area contributed by atoms with Crippen LogP contribution in [0.1, 0.15) is 51.3 Å². The molecule has 1 aliphatic carbocycles. The molecule has 4 heterocycles. The van der Waals surface area contributed by atoms with Crippen LogP contribution in [0.4, 0.5) is 24.7 Å². The molecule has 12 heteroatoms. The average molecular weight is 589 g/mol. The lowest BCUT2D eigenvalue weighted by atomic mass is 10.0. The molecule has 9 nitrogen and oxygen atoms in total. The molecule has 43 heavy (non-hydrogen) atoms. The number of halogens is 3. The van der Waals surface area contributed by atoms with Crippen LogP contribution in [0.5, 0.6) is 0 Å². The van der Waals surface area contributed by atoms with E-state index in [0.29, 0.717) is 41.7 Å². The van der Waals surface area contributed by atoms with Crippen molar-refractivity contribution in [1.29, 1.82) is 0 Å². The summed E-state index contributed by atoms with van der Waals surface area (Å²) >= 11 is 0. The van der Waals surface area contributed by atoms with Crippen molar-refractivity contribution in [3.63, 3.8) is 0 Å². The number of carbonyl (C=O) groups excluding carboxylic acids is 1. The Morgan fingerprint density at radius 3 is 2.56 bits per heavy atom. The van der Waals surface area contributed by atoms with Crippen molar-refractivity contribution in [2.75, 3.05) is 43.9 Å². The highest BCUT2D eigenvalue weighted by atomic mass is 19.4. The molecule has 0 spiro atoms. The van der Waals surface area contributed by atoms with Gasteiger partial charge in [-0.25, -0.2) is 9.50 Å². The van der Waals surface area contributed by atoms with Crippen molar-refractivity contribution in [3.8, 4) is 11.8 Å². The van der Waals surface area contributed by atoms with E-state index in [1.807, 2.05) is 24.1 Å². The molecule has 6 rings (SSSR count). The Morgan fingerprint density at radius 2 is 1.81 bits per heavy atom. The maximum absolute atomic E-state index is 14.0. The topological polar surface area (TPSA) is 90.7 Å². The fourth-order valence-electron chi connectivity index (χ4n) is 4.89. The minimum Gasteiger partial charge on any atom is -0.366 e. The molecule has 2 fully saturated rings. The van der Waals surface area contributed by atoms with E-state index in [1.165, 1.54) is 18.3 Å². The first-order valence-electron chi connectivity index (χ1n) is 14.1. The lowest BCUT2D eigenvalue weighted by Gasteiger charge is -2.33. The van der Waals surface area contributed by atoms with E-state index >= 15 is 0 Å². The third kappa shape index (κ3) is 6.79. The van der Waals surface area contributed by atoms with Crippen LogP contribution >= 0.6 is 0 Å². The molecule has 0 radical (unpaired) electrons. The summed E-state index contributed by atoms with van der Waals surface area (Å²) in [6.45, 7) is 4.98. The van der Waals surface area contributed by atoms with E-state index in [2.05, 4.69) is 42.4 Å². The van der Waals surface area contributed by atoms with E-state index in [0.717, 1.165) is 37.8 Å². The molecule has 1 amide bonds. The second-order valence-electron chi connectivity index (χ2n) is 11.1. The molecule has 4 aromatic rings. The molecule has 1 saturated carbocycles. The summed E-state index contributed by atoms with van der Waals surface area (Å²) in [4.78, 5) is 25.9. The summed E-state index contributed by atoms with van der Waals surface area (Å²) in [5, 5.41) is 10.5. The largest absolute Gasteiger partial charge is 0.416 e. The Hall–Kier alpha value is -4.47. The van der Waals surface area contributed by atoms with Crippen molar-refractivity contribution in [1.82, 2.24) is 29.4 Å². The van der Waals surface area contributed by atoms with Crippen LogP contribution in [-0.2, 0) is 12.7 Å². The summed E-state index contributed by atoms with van der Waals surface area (Å²) in [7, 11) is 2.00. The lowest BCUT2D eigenvalue weighted by molar-refractivity contribution is -0.138. The highest BCUT2D eigenvalue weighted by Crippen LogP contribution is 2.35. The Morgan fingerprint density at radius 1 is 1.02 bits per heavy atom. The number of likely N-dealkylation sites (N-methyl/N-ethyl adjacent to an activating group) is 1. The maximum atomic E-state index is 14.0. The predicted molar refractivity (Wildman–Crippen MR) is 157 cm³/mol. The number of imidazole rings is 1. The van der Waals surface area contributed by atoms with Crippen molar-refractivity contribution >= 4 is 23.1 Å². The highest BCUT2D eigenvalue weighted by molar-refractivity contribution is 6.04. The van der Waals surface area contributed by atoms with Crippen molar-refractivity contribution in [3.05, 3.63) is 82.4 Å². The Balaban J connectivity index is 1.20. The molecule has 0 bridgehead atoms. The van der Waals surface area contributed by atoms with Gasteiger partial charge < -0.3 is 15.5 Å². The van der Waals surface area contributed by atoms with Gasteiger partial charge in [-0.05, 0) is 68.6 Å². The average Bonchev–Trinajstić information content (AvgIpc) is 3.70. The summed E-state index contributed by atoms with van der Waals surface area (Å²) in [5.74, 6) is 6.27. The number of nitrogens with one attached hydrogen (secondary N) is 2. The highest BCUT2D eigenvalue weighted by Gasteiger charge is 2.34. The number of hydrogen-bond donors (Lipinski definition) is 2. The smallest absolute Gasteiger partial charge is 0.366 e. The van der Waals surface area contributed by atoms with Gasteiger partial charge in [-0.15, -0.1) is 5.10 Å². The van der Waals surface area contributed by atoms with E-state index in [4.69, 9.17) is 0 Å². The SMILES string of the molecule is Cc1ncc(C(=O)Nc2ccc(CN3CCN(C)CC3)c(C(F)(F)F)c2)cc1C#Cc1cnc2ccc(NC3CC3)nn12. The number of hydrogen-bond acceptors (Lipinski definition) is 7. The number of aromatic nitrogens is 4. The zero-order valence-corrected chi connectivity index (χ0v) is 23.9. The second kappa shape index (κ2) is 11.7. The van der Waals surface area contributed by atoms with Gasteiger partial charge in [0.1, 0.15) is 11.5 Å². The van der Waals surface area contributed by atoms with Crippen molar-refractivity contribution in [2.45, 2.75) is 38.5 Å². The van der Waals surface area contributed by atoms with Crippen LogP contribution in [0.15, 0.2) is 48.8 Å². The van der Waals surface area contributed by atoms with E-state index in [-0.39, 0.29) is 23.4 Å². The van der Waals surface area contributed by atoms with Crippen LogP contribution in [0.2, 0.25) is 0 Å². The number of piperazine rings is 1. The Kier molecular flexibility index (Phi) is 7.77. The standard InChI is InChI=1S/C31H31F3N8O/c1-20-21(4-8-26-18-36-29-10-9-28(39-42(26)29)37-24-6-7-24)15-23(17-35-20)30(43)38-25-5-3-22(27(16-25)31(32,33)34)19-41-13-11-40(2)12-14-41/h3,5,9-10,15-18,24H,6-7,11-14,19H2,1-2H3,(H,37,39)(H,38,43). The van der Waals surface area contributed by atoms with Gasteiger partial charge in [-0.1, -0.05) is 12.0 Å². The van der Waals surface area contributed by atoms with Gasteiger partial charge in [-0.2, -0.15) is 13.2 Å². The number of rotatable bonds is 6. The molecule has 1 saturated heterocycles. The number of fused-ring (bicyclic) bond motifs is 1. The number of benzene rings is 1. The number of nitrogens with zero attached hydrogens (tertiary/aromatic N) is 6. The van der Waals surface area contributed by atoms with Crippen LogP contribution in [0.25, 0.3) is 5.65 Å². The summed E-state index contributed by atoms with van der Waals surface area (Å²) in [6, 6.07) is 9.72. The molecular formula is C31H31F3N8O. The third-order valence-electron chi connectivity index (χ3n) is 7.63. The van der Waals surface area contributed by atoms with Gasteiger partial charge in [0.25, 0.3) is 5.91 Å². The number of alkyl halides is 3. The summed E-state index contributed by atoms with van der Waals surface area (Å²) in [6.07, 6.45) is 0.698. The Bertz CT molecular complexity index is 1730. The van der Waals surface area contributed by atoms with Gasteiger partial charge in [0.15, 0.2) is 5.65 Å². The van der Waals surface area contributed by atoms with Gasteiger partial charge in [0.2, 0.25) is 0 Å². The normalized spacial score (nSPS) is 16.1. The van der Waals surface area contributed by atoms with Crippen molar-refractivity contribution < 1.29 is 18.0 Å². The van der Waals surface area contributed by atoms with Crippen LogP contribution < -0.4 is 10.6 Å². The molecule has 1 aliphatic heterocycles. The monoisotopic (exact) mass is 588 g/mol. The molecule has 1 aromatic carbocycles. The number of pyridine rings is 1. The quantitative estimate of drug-likeness (QED) is 0.322.